The minimum atomic E-state index is 0.504. The maximum absolute atomic E-state index is 5.34. The van der Waals surface area contributed by atoms with Gasteiger partial charge in [-0.1, -0.05) is 13.3 Å². The Kier molecular flexibility index (Phi) is 6.50. The lowest BCUT2D eigenvalue weighted by molar-refractivity contribution is 0.323. The third-order valence-corrected chi connectivity index (χ3v) is 3.10. The second kappa shape index (κ2) is 7.89. The van der Waals surface area contributed by atoms with E-state index in [0.29, 0.717) is 23.3 Å². The first-order valence-electron chi connectivity index (χ1n) is 6.68. The Bertz CT molecular complexity index is 368. The molecule has 0 amide bonds. The largest absolute Gasteiger partial charge is 0.493 e. The molecular formula is C15H25NO3. The highest BCUT2D eigenvalue weighted by molar-refractivity contribution is 5.53. The molecule has 0 spiro atoms. The first-order valence-corrected chi connectivity index (χ1v) is 6.68. The molecule has 0 aromatic heterocycles. The lowest BCUT2D eigenvalue weighted by Crippen LogP contribution is -2.25. The topological polar surface area (TPSA) is 39.7 Å². The van der Waals surface area contributed by atoms with Gasteiger partial charge in [-0.2, -0.15) is 0 Å². The summed E-state index contributed by atoms with van der Waals surface area (Å²) in [6, 6.07) is 4.46. The molecule has 1 atom stereocenters. The number of hydrogen-bond acceptors (Lipinski definition) is 4. The lowest BCUT2D eigenvalue weighted by Gasteiger charge is -2.16. The third-order valence-electron chi connectivity index (χ3n) is 3.10. The molecule has 1 aromatic rings. The smallest absolute Gasteiger partial charge is 0.203 e. The Morgan fingerprint density at radius 3 is 2.05 bits per heavy atom. The van der Waals surface area contributed by atoms with Crippen LogP contribution in [0.1, 0.15) is 32.3 Å². The predicted octanol–water partition coefficient (Wildman–Crippen LogP) is 2.99. The van der Waals surface area contributed by atoms with Crippen LogP contribution in [0.2, 0.25) is 0 Å². The maximum atomic E-state index is 5.34. The Morgan fingerprint density at radius 2 is 1.63 bits per heavy atom. The van der Waals surface area contributed by atoms with E-state index in [1.807, 2.05) is 12.1 Å². The molecule has 1 aromatic carbocycles. The van der Waals surface area contributed by atoms with Crippen LogP contribution < -0.4 is 19.5 Å². The summed E-state index contributed by atoms with van der Waals surface area (Å²) < 4.78 is 16.0. The van der Waals surface area contributed by atoms with E-state index in [1.165, 1.54) is 12.8 Å². The minimum Gasteiger partial charge on any atom is -0.493 e. The summed E-state index contributed by atoms with van der Waals surface area (Å²) in [5, 5.41) is 3.49. The fourth-order valence-electron chi connectivity index (χ4n) is 2.06. The highest BCUT2D eigenvalue weighted by Crippen LogP contribution is 2.38. The van der Waals surface area contributed by atoms with Crippen LogP contribution in [0.4, 0.5) is 0 Å². The molecule has 108 valence electrons. The number of methoxy groups -OCH3 is 3. The summed E-state index contributed by atoms with van der Waals surface area (Å²) in [5.41, 5.74) is 1.12. The molecule has 0 aliphatic carbocycles. The van der Waals surface area contributed by atoms with Gasteiger partial charge in [-0.25, -0.2) is 0 Å². The number of rotatable bonds is 8. The van der Waals surface area contributed by atoms with Gasteiger partial charge in [-0.05, 0) is 31.0 Å². The zero-order valence-electron chi connectivity index (χ0n) is 12.6. The van der Waals surface area contributed by atoms with Crippen molar-refractivity contribution in [2.45, 2.75) is 39.3 Å². The van der Waals surface area contributed by atoms with Gasteiger partial charge < -0.3 is 19.5 Å². The first-order chi connectivity index (χ1) is 9.15. The van der Waals surface area contributed by atoms with Gasteiger partial charge in [-0.15, -0.1) is 0 Å². The van der Waals surface area contributed by atoms with Gasteiger partial charge in [-0.3, -0.25) is 0 Å². The van der Waals surface area contributed by atoms with Crippen molar-refractivity contribution in [1.82, 2.24) is 5.32 Å². The van der Waals surface area contributed by atoms with E-state index in [2.05, 4.69) is 19.2 Å². The van der Waals surface area contributed by atoms with E-state index >= 15 is 0 Å². The normalized spacial score (nSPS) is 12.1. The molecule has 0 aliphatic heterocycles. The molecule has 0 bridgehead atoms. The van der Waals surface area contributed by atoms with E-state index < -0.39 is 0 Å². The first kappa shape index (κ1) is 15.6. The molecule has 1 unspecified atom stereocenters. The van der Waals surface area contributed by atoms with E-state index in [1.54, 1.807) is 21.3 Å². The van der Waals surface area contributed by atoms with E-state index in [9.17, 15) is 0 Å². The molecule has 0 fully saturated rings. The molecule has 4 heteroatoms. The summed E-state index contributed by atoms with van der Waals surface area (Å²) >= 11 is 0. The van der Waals surface area contributed by atoms with Crippen LogP contribution in [0.25, 0.3) is 0 Å². The third kappa shape index (κ3) is 4.31. The van der Waals surface area contributed by atoms with Crippen LogP contribution in [0.5, 0.6) is 17.2 Å². The molecule has 4 nitrogen and oxygen atoms in total. The quantitative estimate of drug-likeness (QED) is 0.786. The highest BCUT2D eigenvalue weighted by atomic mass is 16.5. The summed E-state index contributed by atoms with van der Waals surface area (Å²) in [5.74, 6) is 2.03. The van der Waals surface area contributed by atoms with Gasteiger partial charge in [0.05, 0.1) is 21.3 Å². The molecule has 0 heterocycles. The van der Waals surface area contributed by atoms with Crippen molar-refractivity contribution in [3.63, 3.8) is 0 Å². The molecule has 0 aliphatic rings. The van der Waals surface area contributed by atoms with Crippen LogP contribution >= 0.6 is 0 Å². The van der Waals surface area contributed by atoms with Gasteiger partial charge in [0, 0.05) is 12.6 Å². The average molecular weight is 267 g/mol. The maximum Gasteiger partial charge on any atom is 0.203 e. The summed E-state index contributed by atoms with van der Waals surface area (Å²) in [4.78, 5) is 0. The van der Waals surface area contributed by atoms with Crippen molar-refractivity contribution >= 4 is 0 Å². The molecule has 0 radical (unpaired) electrons. The van der Waals surface area contributed by atoms with Crippen LogP contribution in [0.3, 0.4) is 0 Å². The lowest BCUT2D eigenvalue weighted by atomic mass is 10.1. The summed E-state index contributed by atoms with van der Waals surface area (Å²) in [7, 11) is 4.88. The van der Waals surface area contributed by atoms with E-state index in [-0.39, 0.29) is 0 Å². The summed E-state index contributed by atoms with van der Waals surface area (Å²) in [6.45, 7) is 5.18. The highest BCUT2D eigenvalue weighted by Gasteiger charge is 2.13. The number of benzene rings is 1. The second-order valence-corrected chi connectivity index (χ2v) is 4.60. The Morgan fingerprint density at radius 1 is 1.05 bits per heavy atom. The fourth-order valence-corrected chi connectivity index (χ4v) is 2.06. The SMILES string of the molecule is CCCC(C)NCc1cc(OC)c(OC)c(OC)c1. The van der Waals surface area contributed by atoms with Gasteiger partial charge >= 0.3 is 0 Å². The number of hydrogen-bond donors (Lipinski definition) is 1. The number of ether oxygens (including phenoxy) is 3. The molecular weight excluding hydrogens is 242 g/mol. The molecule has 0 saturated heterocycles. The zero-order chi connectivity index (χ0) is 14.3. The zero-order valence-corrected chi connectivity index (χ0v) is 12.6. The van der Waals surface area contributed by atoms with Crippen molar-refractivity contribution < 1.29 is 14.2 Å². The van der Waals surface area contributed by atoms with Crippen molar-refractivity contribution in [1.29, 1.82) is 0 Å². The van der Waals surface area contributed by atoms with Crippen LogP contribution in [0.15, 0.2) is 12.1 Å². The van der Waals surface area contributed by atoms with Crippen molar-refractivity contribution in [2.75, 3.05) is 21.3 Å². The number of nitrogens with one attached hydrogen (secondary N) is 1. The monoisotopic (exact) mass is 267 g/mol. The van der Waals surface area contributed by atoms with Gasteiger partial charge in [0.15, 0.2) is 11.5 Å². The van der Waals surface area contributed by atoms with Crippen molar-refractivity contribution in [3.05, 3.63) is 17.7 Å². The van der Waals surface area contributed by atoms with E-state index in [4.69, 9.17) is 14.2 Å². The van der Waals surface area contributed by atoms with Gasteiger partial charge in [0.25, 0.3) is 0 Å². The molecule has 19 heavy (non-hydrogen) atoms. The van der Waals surface area contributed by atoms with Gasteiger partial charge in [0.2, 0.25) is 5.75 Å². The fraction of sp³-hybridized carbons (Fsp3) is 0.600. The van der Waals surface area contributed by atoms with Crippen LogP contribution in [-0.2, 0) is 6.54 Å². The summed E-state index contributed by atoms with van der Waals surface area (Å²) in [6.07, 6.45) is 2.36. The van der Waals surface area contributed by atoms with Crippen LogP contribution in [0, 0.1) is 0 Å². The Hall–Kier alpha value is -1.42. The predicted molar refractivity (Wildman–Crippen MR) is 77.3 cm³/mol. The average Bonchev–Trinajstić information content (AvgIpc) is 2.44. The van der Waals surface area contributed by atoms with Gasteiger partial charge in [0.1, 0.15) is 0 Å². The Labute approximate surface area is 116 Å². The minimum absolute atomic E-state index is 0.504. The Balaban J connectivity index is 2.84. The standard InChI is InChI=1S/C15H25NO3/c1-6-7-11(2)16-10-12-8-13(17-3)15(19-5)14(9-12)18-4/h8-9,11,16H,6-7,10H2,1-5H3. The van der Waals surface area contributed by atoms with Crippen molar-refractivity contribution in [2.24, 2.45) is 0 Å². The second-order valence-electron chi connectivity index (χ2n) is 4.60. The molecule has 1 rings (SSSR count). The molecule has 1 N–H and O–H groups in total. The van der Waals surface area contributed by atoms with E-state index in [0.717, 1.165) is 12.1 Å². The molecule has 0 saturated carbocycles. The van der Waals surface area contributed by atoms with Crippen molar-refractivity contribution in [3.8, 4) is 17.2 Å². The van der Waals surface area contributed by atoms with Crippen LogP contribution in [-0.4, -0.2) is 27.4 Å².